The number of thiocarbonyl (C=S) groups is 1. The molecule has 2 aromatic carbocycles. The highest BCUT2D eigenvalue weighted by Gasteiger charge is 2.42. The molecule has 2 aromatic heterocycles. The Labute approximate surface area is 202 Å². The molecule has 6 heteroatoms. The minimum Gasteiger partial charge on any atom is -0.351 e. The number of halogens is 1. The summed E-state index contributed by atoms with van der Waals surface area (Å²) in [6.07, 6.45) is 4.95. The van der Waals surface area contributed by atoms with Gasteiger partial charge in [0.1, 0.15) is 6.04 Å². The van der Waals surface area contributed by atoms with Crippen molar-refractivity contribution in [1.82, 2.24) is 14.9 Å². The standard InChI is InChI=1S/C26H23BrN4S/c1-2-18-8-12-21(13-9-18)31-25(24(29-26(31)32)22-6-3-4-16-28-22)23-7-5-17-30(23)20-14-10-19(27)11-15-20/h3-17,24-25H,2H2,1H3,(H,29,32)/t24-,25-/m0/s1. The van der Waals surface area contributed by atoms with Gasteiger partial charge >= 0.3 is 0 Å². The van der Waals surface area contributed by atoms with Crippen LogP contribution in [0.5, 0.6) is 0 Å². The third kappa shape index (κ3) is 3.85. The Morgan fingerprint density at radius 1 is 0.938 bits per heavy atom. The van der Waals surface area contributed by atoms with Gasteiger partial charge in [-0.25, -0.2) is 0 Å². The molecule has 4 aromatic rings. The highest BCUT2D eigenvalue weighted by molar-refractivity contribution is 9.10. The van der Waals surface area contributed by atoms with E-state index in [-0.39, 0.29) is 12.1 Å². The minimum atomic E-state index is -0.0707. The highest BCUT2D eigenvalue weighted by Crippen LogP contribution is 2.42. The Bertz CT molecular complexity index is 1220. The molecule has 4 nitrogen and oxygen atoms in total. The summed E-state index contributed by atoms with van der Waals surface area (Å²) >= 11 is 9.40. The molecule has 1 saturated heterocycles. The summed E-state index contributed by atoms with van der Waals surface area (Å²) in [5, 5.41) is 4.25. The molecule has 0 spiro atoms. The summed E-state index contributed by atoms with van der Waals surface area (Å²) in [6.45, 7) is 2.17. The van der Waals surface area contributed by atoms with E-state index in [2.05, 4.69) is 116 Å². The Morgan fingerprint density at radius 3 is 2.38 bits per heavy atom. The van der Waals surface area contributed by atoms with Gasteiger partial charge in [-0.1, -0.05) is 41.1 Å². The molecule has 0 saturated carbocycles. The second-order valence-corrected chi connectivity index (χ2v) is 9.10. The second kappa shape index (κ2) is 8.88. The van der Waals surface area contributed by atoms with E-state index in [1.165, 1.54) is 5.56 Å². The molecule has 2 atom stereocenters. The third-order valence-electron chi connectivity index (χ3n) is 5.91. The maximum absolute atomic E-state index is 5.86. The zero-order chi connectivity index (χ0) is 22.1. The van der Waals surface area contributed by atoms with E-state index in [0.29, 0.717) is 5.11 Å². The van der Waals surface area contributed by atoms with Crippen molar-refractivity contribution in [2.24, 2.45) is 0 Å². The highest BCUT2D eigenvalue weighted by atomic mass is 79.9. The molecule has 0 bridgehead atoms. The third-order valence-corrected chi connectivity index (χ3v) is 6.75. The maximum Gasteiger partial charge on any atom is 0.174 e. The van der Waals surface area contributed by atoms with Crippen LogP contribution >= 0.6 is 28.1 Å². The number of rotatable bonds is 5. The second-order valence-electron chi connectivity index (χ2n) is 7.80. The van der Waals surface area contributed by atoms with Crippen LogP contribution in [0.1, 0.15) is 36.0 Å². The Kier molecular flexibility index (Phi) is 5.81. The van der Waals surface area contributed by atoms with Crippen LogP contribution in [0, 0.1) is 0 Å². The van der Waals surface area contributed by atoms with Crippen LogP contribution in [0.3, 0.4) is 0 Å². The molecule has 0 aliphatic carbocycles. The topological polar surface area (TPSA) is 33.1 Å². The molecule has 1 aliphatic rings. The van der Waals surface area contributed by atoms with Gasteiger partial charge in [-0.05, 0) is 84.9 Å². The van der Waals surface area contributed by atoms with Crippen LogP contribution in [-0.4, -0.2) is 14.7 Å². The smallest absolute Gasteiger partial charge is 0.174 e. The fourth-order valence-corrected chi connectivity index (χ4v) is 4.91. The zero-order valence-corrected chi connectivity index (χ0v) is 20.1. The van der Waals surface area contributed by atoms with Crippen molar-refractivity contribution in [2.45, 2.75) is 25.4 Å². The minimum absolute atomic E-state index is 0.0523. The molecule has 1 N–H and O–H groups in total. The number of aryl methyl sites for hydroxylation is 1. The van der Waals surface area contributed by atoms with Crippen molar-refractivity contribution in [3.8, 4) is 5.69 Å². The number of hydrogen-bond acceptors (Lipinski definition) is 2. The van der Waals surface area contributed by atoms with Crippen molar-refractivity contribution >= 4 is 38.9 Å². The van der Waals surface area contributed by atoms with E-state index in [1.54, 1.807) is 0 Å². The molecule has 32 heavy (non-hydrogen) atoms. The van der Waals surface area contributed by atoms with E-state index in [0.717, 1.165) is 33.7 Å². The van der Waals surface area contributed by atoms with E-state index in [1.807, 2.05) is 18.3 Å². The Hall–Kier alpha value is -2.96. The first-order valence-corrected chi connectivity index (χ1v) is 11.9. The average Bonchev–Trinajstić information content (AvgIpc) is 3.44. The summed E-state index contributed by atoms with van der Waals surface area (Å²) in [4.78, 5) is 6.88. The number of anilines is 1. The van der Waals surface area contributed by atoms with Crippen LogP contribution in [0.4, 0.5) is 5.69 Å². The molecule has 0 unspecified atom stereocenters. The van der Waals surface area contributed by atoms with Gasteiger partial charge in [0, 0.05) is 33.9 Å². The van der Waals surface area contributed by atoms with Gasteiger partial charge in [0.2, 0.25) is 0 Å². The van der Waals surface area contributed by atoms with Gasteiger partial charge in [0.15, 0.2) is 5.11 Å². The van der Waals surface area contributed by atoms with Crippen LogP contribution in [0.25, 0.3) is 5.69 Å². The van der Waals surface area contributed by atoms with Crippen molar-refractivity contribution in [2.75, 3.05) is 4.90 Å². The zero-order valence-electron chi connectivity index (χ0n) is 17.6. The van der Waals surface area contributed by atoms with E-state index in [4.69, 9.17) is 12.2 Å². The van der Waals surface area contributed by atoms with Crippen molar-refractivity contribution in [3.63, 3.8) is 0 Å². The van der Waals surface area contributed by atoms with E-state index >= 15 is 0 Å². The van der Waals surface area contributed by atoms with Gasteiger partial charge in [0.25, 0.3) is 0 Å². The molecule has 5 rings (SSSR count). The van der Waals surface area contributed by atoms with Crippen LogP contribution in [0.15, 0.2) is 95.7 Å². The van der Waals surface area contributed by atoms with Gasteiger partial charge in [0.05, 0.1) is 11.7 Å². The first-order chi connectivity index (χ1) is 15.7. The van der Waals surface area contributed by atoms with Gasteiger partial charge < -0.3 is 14.8 Å². The Morgan fingerprint density at radius 2 is 1.69 bits per heavy atom. The quantitative estimate of drug-likeness (QED) is 0.321. The lowest BCUT2D eigenvalue weighted by atomic mass is 10.0. The molecule has 160 valence electrons. The van der Waals surface area contributed by atoms with Crippen molar-refractivity contribution < 1.29 is 0 Å². The number of pyridine rings is 1. The maximum atomic E-state index is 5.86. The van der Waals surface area contributed by atoms with E-state index in [9.17, 15) is 0 Å². The predicted molar refractivity (Wildman–Crippen MR) is 137 cm³/mol. The van der Waals surface area contributed by atoms with Gasteiger partial charge in [-0.3, -0.25) is 4.98 Å². The molecular weight excluding hydrogens is 480 g/mol. The van der Waals surface area contributed by atoms with Crippen LogP contribution < -0.4 is 10.2 Å². The summed E-state index contributed by atoms with van der Waals surface area (Å²) in [5.74, 6) is 0. The molecule has 1 fully saturated rings. The molecule has 1 aliphatic heterocycles. The first-order valence-electron chi connectivity index (χ1n) is 10.7. The summed E-state index contributed by atoms with van der Waals surface area (Å²) in [7, 11) is 0. The summed E-state index contributed by atoms with van der Waals surface area (Å²) in [5.41, 5.74) is 5.60. The van der Waals surface area contributed by atoms with Crippen LogP contribution in [0.2, 0.25) is 0 Å². The fourth-order valence-electron chi connectivity index (χ4n) is 4.30. The van der Waals surface area contributed by atoms with Gasteiger partial charge in [-0.15, -0.1) is 0 Å². The SMILES string of the molecule is CCc1ccc(N2C(=S)N[C@@H](c3ccccn3)[C@@H]2c2cccn2-c2ccc(Br)cc2)cc1. The van der Waals surface area contributed by atoms with Crippen molar-refractivity contribution in [1.29, 1.82) is 0 Å². The Balaban J connectivity index is 1.64. The fraction of sp³-hybridized carbons (Fsp3) is 0.154. The molecular formula is C26H23BrN4S. The number of aromatic nitrogens is 2. The predicted octanol–water partition coefficient (Wildman–Crippen LogP) is 6.37. The average molecular weight is 503 g/mol. The number of hydrogen-bond donors (Lipinski definition) is 1. The van der Waals surface area contributed by atoms with Crippen LogP contribution in [-0.2, 0) is 6.42 Å². The molecule has 0 radical (unpaired) electrons. The number of nitrogens with one attached hydrogen (secondary N) is 1. The number of benzene rings is 2. The lowest BCUT2D eigenvalue weighted by molar-refractivity contribution is 0.549. The molecule has 3 heterocycles. The number of nitrogens with zero attached hydrogens (tertiary/aromatic N) is 3. The lowest BCUT2D eigenvalue weighted by Gasteiger charge is -2.29. The van der Waals surface area contributed by atoms with E-state index < -0.39 is 0 Å². The molecule has 0 amide bonds. The monoisotopic (exact) mass is 502 g/mol. The summed E-state index contributed by atoms with van der Waals surface area (Å²) < 4.78 is 3.29. The normalized spacial score (nSPS) is 18.1. The lowest BCUT2D eigenvalue weighted by Crippen LogP contribution is -2.30. The largest absolute Gasteiger partial charge is 0.351 e. The summed E-state index contributed by atoms with van der Waals surface area (Å²) in [6, 6.07) is 27.2. The van der Waals surface area contributed by atoms with Gasteiger partial charge in [-0.2, -0.15) is 0 Å². The van der Waals surface area contributed by atoms with Crippen molar-refractivity contribution in [3.05, 3.63) is 113 Å². The first kappa shape index (κ1) is 20.9.